The molecule has 0 radical (unpaired) electrons. The van der Waals surface area contributed by atoms with E-state index in [0.717, 1.165) is 6.42 Å². The molecule has 4 heteroatoms. The molecule has 1 unspecified atom stereocenters. The Morgan fingerprint density at radius 2 is 1.91 bits per heavy atom. The molecule has 0 N–H and O–H groups in total. The minimum atomic E-state index is -0.573. The van der Waals surface area contributed by atoms with Crippen LogP contribution < -0.4 is 0 Å². The molecule has 0 amide bonds. The lowest BCUT2D eigenvalue weighted by Gasteiger charge is -2.26. The van der Waals surface area contributed by atoms with Crippen LogP contribution in [0.3, 0.4) is 0 Å². The molecule has 0 aromatic heterocycles. The fraction of sp³-hybridized carbons (Fsp3) is 1.00. The average molecular weight is 160 g/mol. The summed E-state index contributed by atoms with van der Waals surface area (Å²) in [5.41, 5.74) is 0. The van der Waals surface area contributed by atoms with Gasteiger partial charge < -0.3 is 9.47 Å². The molecule has 0 aromatic carbocycles. The molecule has 0 aromatic rings. The second-order valence-electron chi connectivity index (χ2n) is 2.91. The van der Waals surface area contributed by atoms with Gasteiger partial charge in [-0.25, -0.2) is 9.78 Å². The Morgan fingerprint density at radius 1 is 1.18 bits per heavy atom. The molecule has 2 aliphatic heterocycles. The summed E-state index contributed by atoms with van der Waals surface area (Å²) in [5.74, 6) is -0.573. The molecule has 2 heterocycles. The second-order valence-corrected chi connectivity index (χ2v) is 2.91. The van der Waals surface area contributed by atoms with Gasteiger partial charge in [-0.2, -0.15) is 0 Å². The number of ether oxygens (including phenoxy) is 2. The van der Waals surface area contributed by atoms with Crippen molar-refractivity contribution < 1.29 is 19.2 Å². The summed E-state index contributed by atoms with van der Waals surface area (Å²) in [6.45, 7) is 3.82. The topological polar surface area (TPSA) is 36.9 Å². The standard InChI is InChI=1S/C7H12O4/c1-7(8-4-5-9-7)6-2-3-10-11-6/h6H,2-5H2,1H3. The summed E-state index contributed by atoms with van der Waals surface area (Å²) >= 11 is 0. The van der Waals surface area contributed by atoms with Gasteiger partial charge in [0.2, 0.25) is 0 Å². The highest BCUT2D eigenvalue weighted by Gasteiger charge is 2.43. The van der Waals surface area contributed by atoms with E-state index in [0.29, 0.717) is 19.8 Å². The fourth-order valence-corrected chi connectivity index (χ4v) is 1.40. The van der Waals surface area contributed by atoms with Crippen molar-refractivity contribution in [2.45, 2.75) is 25.2 Å². The van der Waals surface area contributed by atoms with Crippen molar-refractivity contribution >= 4 is 0 Å². The van der Waals surface area contributed by atoms with Crippen molar-refractivity contribution in [1.29, 1.82) is 0 Å². The quantitative estimate of drug-likeness (QED) is 0.522. The van der Waals surface area contributed by atoms with E-state index >= 15 is 0 Å². The summed E-state index contributed by atoms with van der Waals surface area (Å²) in [7, 11) is 0. The predicted molar refractivity (Wildman–Crippen MR) is 35.8 cm³/mol. The van der Waals surface area contributed by atoms with Gasteiger partial charge in [-0.1, -0.05) is 0 Å². The van der Waals surface area contributed by atoms with E-state index in [4.69, 9.17) is 19.2 Å². The van der Waals surface area contributed by atoms with Gasteiger partial charge in [0.1, 0.15) is 6.10 Å². The van der Waals surface area contributed by atoms with Crippen LogP contribution in [0.2, 0.25) is 0 Å². The maximum Gasteiger partial charge on any atom is 0.195 e. The molecule has 0 aliphatic carbocycles. The van der Waals surface area contributed by atoms with Gasteiger partial charge in [-0.05, 0) is 6.92 Å². The number of hydrogen-bond donors (Lipinski definition) is 0. The summed E-state index contributed by atoms with van der Waals surface area (Å²) in [4.78, 5) is 9.76. The van der Waals surface area contributed by atoms with Crippen molar-refractivity contribution in [3.8, 4) is 0 Å². The molecule has 0 spiro atoms. The highest BCUT2D eigenvalue weighted by molar-refractivity contribution is 4.79. The first kappa shape index (κ1) is 7.49. The molecule has 2 fully saturated rings. The second kappa shape index (κ2) is 2.71. The lowest BCUT2D eigenvalue weighted by atomic mass is 10.1. The predicted octanol–water partition coefficient (Wildman–Crippen LogP) is 0.470. The van der Waals surface area contributed by atoms with Crippen LogP contribution >= 0.6 is 0 Å². The first-order valence-electron chi connectivity index (χ1n) is 3.87. The highest BCUT2D eigenvalue weighted by Crippen LogP contribution is 2.29. The minimum Gasteiger partial charge on any atom is -0.345 e. The van der Waals surface area contributed by atoms with E-state index in [1.54, 1.807) is 0 Å². The van der Waals surface area contributed by atoms with Crippen molar-refractivity contribution in [2.24, 2.45) is 0 Å². The van der Waals surface area contributed by atoms with Crippen LogP contribution in [0.1, 0.15) is 13.3 Å². The van der Waals surface area contributed by atoms with E-state index in [-0.39, 0.29) is 6.10 Å². The summed E-state index contributed by atoms with van der Waals surface area (Å²) in [6.07, 6.45) is 0.779. The van der Waals surface area contributed by atoms with Gasteiger partial charge in [0.15, 0.2) is 5.79 Å². The van der Waals surface area contributed by atoms with Crippen molar-refractivity contribution in [3.63, 3.8) is 0 Å². The SMILES string of the molecule is CC1(C2CCOO2)OCCO1. The zero-order valence-corrected chi connectivity index (χ0v) is 6.54. The Balaban J connectivity index is 2.00. The monoisotopic (exact) mass is 160 g/mol. The van der Waals surface area contributed by atoms with E-state index < -0.39 is 5.79 Å². The van der Waals surface area contributed by atoms with Crippen LogP contribution in [0.5, 0.6) is 0 Å². The lowest BCUT2D eigenvalue weighted by Crippen LogP contribution is -2.39. The number of hydrogen-bond acceptors (Lipinski definition) is 4. The molecule has 2 saturated heterocycles. The third-order valence-corrected chi connectivity index (χ3v) is 2.09. The van der Waals surface area contributed by atoms with Gasteiger partial charge in [0, 0.05) is 6.42 Å². The van der Waals surface area contributed by atoms with Gasteiger partial charge in [-0.15, -0.1) is 0 Å². The van der Waals surface area contributed by atoms with Crippen molar-refractivity contribution in [3.05, 3.63) is 0 Å². The molecular formula is C7H12O4. The van der Waals surface area contributed by atoms with E-state index in [2.05, 4.69) is 0 Å². The molecule has 0 bridgehead atoms. The van der Waals surface area contributed by atoms with Crippen molar-refractivity contribution in [1.82, 2.24) is 0 Å². The van der Waals surface area contributed by atoms with Crippen LogP contribution in [0.4, 0.5) is 0 Å². The van der Waals surface area contributed by atoms with Gasteiger partial charge >= 0.3 is 0 Å². The van der Waals surface area contributed by atoms with Gasteiger partial charge in [0.05, 0.1) is 19.8 Å². The first-order chi connectivity index (χ1) is 5.31. The van der Waals surface area contributed by atoms with Gasteiger partial charge in [0.25, 0.3) is 0 Å². The van der Waals surface area contributed by atoms with Crippen LogP contribution in [0.15, 0.2) is 0 Å². The normalized spacial score (nSPS) is 36.3. The van der Waals surface area contributed by atoms with Crippen LogP contribution in [0, 0.1) is 0 Å². The Morgan fingerprint density at radius 3 is 2.45 bits per heavy atom. The molecule has 2 aliphatic rings. The molecule has 4 nitrogen and oxygen atoms in total. The molecule has 11 heavy (non-hydrogen) atoms. The zero-order valence-electron chi connectivity index (χ0n) is 6.54. The molecule has 64 valence electrons. The minimum absolute atomic E-state index is 0.0648. The van der Waals surface area contributed by atoms with E-state index in [9.17, 15) is 0 Å². The Labute approximate surface area is 65.3 Å². The maximum atomic E-state index is 5.40. The molecule has 2 rings (SSSR count). The zero-order chi connectivity index (χ0) is 7.73. The van der Waals surface area contributed by atoms with Crippen LogP contribution in [-0.2, 0) is 19.2 Å². The molecular weight excluding hydrogens is 148 g/mol. The largest absolute Gasteiger partial charge is 0.345 e. The fourth-order valence-electron chi connectivity index (χ4n) is 1.40. The Hall–Kier alpha value is -0.160. The lowest BCUT2D eigenvalue weighted by molar-refractivity contribution is -0.331. The molecule has 1 atom stereocenters. The van der Waals surface area contributed by atoms with Crippen molar-refractivity contribution in [2.75, 3.05) is 19.8 Å². The summed E-state index contributed by atoms with van der Waals surface area (Å²) < 4.78 is 10.8. The third-order valence-electron chi connectivity index (χ3n) is 2.09. The smallest absolute Gasteiger partial charge is 0.195 e. The van der Waals surface area contributed by atoms with E-state index in [1.165, 1.54) is 0 Å². The highest BCUT2D eigenvalue weighted by atomic mass is 17.2. The maximum absolute atomic E-state index is 5.40. The first-order valence-corrected chi connectivity index (χ1v) is 3.87. The van der Waals surface area contributed by atoms with Gasteiger partial charge in [-0.3, -0.25) is 0 Å². The summed E-state index contributed by atoms with van der Waals surface area (Å²) in [6, 6.07) is 0. The Bertz CT molecular complexity index is 135. The Kier molecular flexibility index (Phi) is 1.85. The third kappa shape index (κ3) is 1.27. The van der Waals surface area contributed by atoms with E-state index in [1.807, 2.05) is 6.92 Å². The average Bonchev–Trinajstić information content (AvgIpc) is 2.55. The molecule has 0 saturated carbocycles. The van der Waals surface area contributed by atoms with Crippen LogP contribution in [0.25, 0.3) is 0 Å². The number of rotatable bonds is 1. The summed E-state index contributed by atoms with van der Waals surface area (Å²) in [5, 5.41) is 0. The van der Waals surface area contributed by atoms with Crippen LogP contribution in [-0.4, -0.2) is 31.7 Å².